The van der Waals surface area contributed by atoms with Gasteiger partial charge in [0.05, 0.1) is 0 Å². The zero-order chi connectivity index (χ0) is 16.2. The smallest absolute Gasteiger partial charge is 0.226 e. The number of benzene rings is 1. The molecule has 0 aromatic heterocycles. The fourth-order valence-electron chi connectivity index (χ4n) is 3.23. The Morgan fingerprint density at radius 1 is 1.35 bits per heavy atom. The molecule has 2 aliphatic rings. The lowest BCUT2D eigenvalue weighted by molar-refractivity contribution is -0.131. The minimum Gasteiger partial charge on any atom is -0.490 e. The van der Waals surface area contributed by atoms with Gasteiger partial charge in [0.2, 0.25) is 11.8 Å². The van der Waals surface area contributed by atoms with E-state index in [1.54, 1.807) is 0 Å². The van der Waals surface area contributed by atoms with Gasteiger partial charge in [0.25, 0.3) is 0 Å². The molecule has 2 amide bonds. The van der Waals surface area contributed by atoms with E-state index in [-0.39, 0.29) is 17.9 Å². The van der Waals surface area contributed by atoms with Crippen LogP contribution in [0.1, 0.15) is 44.6 Å². The highest BCUT2D eigenvalue weighted by molar-refractivity contribution is 5.91. The van der Waals surface area contributed by atoms with E-state index in [1.165, 1.54) is 0 Å². The van der Waals surface area contributed by atoms with Crippen molar-refractivity contribution in [3.05, 3.63) is 23.8 Å². The summed E-state index contributed by atoms with van der Waals surface area (Å²) in [6.07, 6.45) is 5.14. The maximum atomic E-state index is 12.1. The van der Waals surface area contributed by atoms with Crippen LogP contribution in [0, 0.1) is 0 Å². The summed E-state index contributed by atoms with van der Waals surface area (Å²) in [4.78, 5) is 25.9. The molecular weight excluding hydrogens is 292 g/mol. The number of carbonyl (C=O) groups excluding carboxylic acids is 2. The van der Waals surface area contributed by atoms with Crippen LogP contribution in [-0.2, 0) is 16.0 Å². The average molecular weight is 316 g/mol. The molecule has 1 atom stereocenters. The van der Waals surface area contributed by atoms with Crippen LogP contribution in [0.2, 0.25) is 0 Å². The van der Waals surface area contributed by atoms with Crippen LogP contribution < -0.4 is 10.1 Å². The summed E-state index contributed by atoms with van der Waals surface area (Å²) in [7, 11) is 0. The average Bonchev–Trinajstić information content (AvgIpc) is 2.75. The first-order valence-corrected chi connectivity index (χ1v) is 8.49. The van der Waals surface area contributed by atoms with Crippen molar-refractivity contribution in [1.29, 1.82) is 0 Å². The zero-order valence-corrected chi connectivity index (χ0v) is 13.6. The highest BCUT2D eigenvalue weighted by Crippen LogP contribution is 2.30. The molecule has 1 saturated heterocycles. The van der Waals surface area contributed by atoms with Crippen molar-refractivity contribution >= 4 is 17.5 Å². The van der Waals surface area contributed by atoms with Crippen LogP contribution >= 0.6 is 0 Å². The van der Waals surface area contributed by atoms with Crippen LogP contribution in [-0.4, -0.2) is 35.9 Å². The number of hydrogen-bond acceptors (Lipinski definition) is 3. The molecule has 5 heteroatoms. The second-order valence-electron chi connectivity index (χ2n) is 6.44. The maximum Gasteiger partial charge on any atom is 0.226 e. The molecule has 0 spiro atoms. The Hall–Kier alpha value is -2.04. The molecule has 3 rings (SSSR count). The number of amides is 2. The second kappa shape index (κ2) is 7.02. The molecule has 1 aromatic rings. The first kappa shape index (κ1) is 15.8. The quantitative estimate of drug-likeness (QED) is 0.929. The van der Waals surface area contributed by atoms with Gasteiger partial charge in [0.1, 0.15) is 11.9 Å². The van der Waals surface area contributed by atoms with Crippen molar-refractivity contribution in [2.75, 3.05) is 18.4 Å². The van der Waals surface area contributed by atoms with Gasteiger partial charge in [-0.15, -0.1) is 0 Å². The third-order valence-corrected chi connectivity index (χ3v) is 4.46. The number of anilines is 1. The van der Waals surface area contributed by atoms with Crippen molar-refractivity contribution in [3.8, 4) is 5.75 Å². The molecule has 1 fully saturated rings. The summed E-state index contributed by atoms with van der Waals surface area (Å²) >= 11 is 0. The highest BCUT2D eigenvalue weighted by atomic mass is 16.5. The minimum atomic E-state index is -0.0473. The van der Waals surface area contributed by atoms with Gasteiger partial charge in [-0.1, -0.05) is 6.42 Å². The number of nitrogens with zero attached hydrogens (tertiary/aromatic N) is 1. The minimum absolute atomic E-state index is 0.0473. The molecule has 23 heavy (non-hydrogen) atoms. The Kier molecular flexibility index (Phi) is 4.84. The van der Waals surface area contributed by atoms with Crippen LogP contribution in [0.25, 0.3) is 0 Å². The maximum absolute atomic E-state index is 12.1. The summed E-state index contributed by atoms with van der Waals surface area (Å²) in [6, 6.07) is 5.76. The molecule has 5 nitrogen and oxygen atoms in total. The van der Waals surface area contributed by atoms with Gasteiger partial charge < -0.3 is 15.0 Å². The fraction of sp³-hybridized carbons (Fsp3) is 0.556. The Labute approximate surface area is 137 Å². The number of ether oxygens (including phenoxy) is 1. The van der Waals surface area contributed by atoms with E-state index in [1.807, 2.05) is 30.0 Å². The normalized spacial score (nSPS) is 20.7. The first-order valence-electron chi connectivity index (χ1n) is 8.49. The van der Waals surface area contributed by atoms with Crippen LogP contribution in [0.15, 0.2) is 18.2 Å². The molecule has 0 saturated carbocycles. The molecule has 0 radical (unpaired) electrons. The number of fused-ring (bicyclic) bond motifs is 1. The number of likely N-dealkylation sites (tertiary alicyclic amines) is 1. The van der Waals surface area contributed by atoms with E-state index in [0.717, 1.165) is 49.2 Å². The molecular formula is C18H24N2O3. The van der Waals surface area contributed by atoms with E-state index in [9.17, 15) is 9.59 Å². The summed E-state index contributed by atoms with van der Waals surface area (Å²) in [5, 5.41) is 2.92. The van der Waals surface area contributed by atoms with Gasteiger partial charge in [-0.25, -0.2) is 0 Å². The molecule has 0 aliphatic carbocycles. The molecule has 1 N–H and O–H groups in total. The Balaban J connectivity index is 1.51. The van der Waals surface area contributed by atoms with Crippen molar-refractivity contribution in [2.24, 2.45) is 0 Å². The number of nitrogens with one attached hydrogen (secondary N) is 1. The van der Waals surface area contributed by atoms with Crippen LogP contribution in [0.5, 0.6) is 5.75 Å². The molecule has 1 aromatic carbocycles. The van der Waals surface area contributed by atoms with Crippen molar-refractivity contribution in [3.63, 3.8) is 0 Å². The van der Waals surface area contributed by atoms with Crippen molar-refractivity contribution in [1.82, 2.24) is 4.90 Å². The lowest BCUT2D eigenvalue weighted by atomic mass is 10.1. The fourth-order valence-corrected chi connectivity index (χ4v) is 3.23. The van der Waals surface area contributed by atoms with E-state index < -0.39 is 0 Å². The van der Waals surface area contributed by atoms with Gasteiger partial charge in [-0.2, -0.15) is 0 Å². The van der Waals surface area contributed by atoms with Crippen LogP contribution in [0.4, 0.5) is 5.69 Å². The highest BCUT2D eigenvalue weighted by Gasteiger charge is 2.20. The lowest BCUT2D eigenvalue weighted by Gasteiger charge is -2.20. The second-order valence-corrected chi connectivity index (χ2v) is 6.44. The Morgan fingerprint density at radius 2 is 2.22 bits per heavy atom. The van der Waals surface area contributed by atoms with Gasteiger partial charge in [0.15, 0.2) is 0 Å². The largest absolute Gasteiger partial charge is 0.490 e. The SMILES string of the molecule is CC1Cc2cc(NC(=O)CCN3CCCCCC3=O)ccc2O1. The third-order valence-electron chi connectivity index (χ3n) is 4.46. The first-order chi connectivity index (χ1) is 11.1. The van der Waals surface area contributed by atoms with E-state index in [4.69, 9.17) is 4.74 Å². The molecule has 124 valence electrons. The summed E-state index contributed by atoms with van der Waals surface area (Å²) < 4.78 is 5.66. The predicted molar refractivity (Wildman–Crippen MR) is 88.5 cm³/mol. The zero-order valence-electron chi connectivity index (χ0n) is 13.6. The van der Waals surface area contributed by atoms with Gasteiger partial charge in [0, 0.05) is 38.0 Å². The van der Waals surface area contributed by atoms with Crippen molar-refractivity contribution < 1.29 is 14.3 Å². The van der Waals surface area contributed by atoms with Gasteiger partial charge in [-0.05, 0) is 43.5 Å². The molecule has 0 bridgehead atoms. The monoisotopic (exact) mass is 316 g/mol. The predicted octanol–water partition coefficient (Wildman–Crippen LogP) is 2.74. The summed E-state index contributed by atoms with van der Waals surface area (Å²) in [5.41, 5.74) is 1.94. The number of carbonyl (C=O) groups is 2. The van der Waals surface area contributed by atoms with E-state index in [2.05, 4.69) is 5.32 Å². The summed E-state index contributed by atoms with van der Waals surface area (Å²) in [6.45, 7) is 3.33. The van der Waals surface area contributed by atoms with Gasteiger partial charge in [-0.3, -0.25) is 9.59 Å². The van der Waals surface area contributed by atoms with E-state index >= 15 is 0 Å². The molecule has 2 aliphatic heterocycles. The standard InChI is InChI=1S/C18H24N2O3/c1-13-11-14-12-15(6-7-16(14)23-13)19-17(21)8-10-20-9-4-2-3-5-18(20)22/h6-7,12-13H,2-5,8-11H2,1H3,(H,19,21). The number of rotatable bonds is 4. The van der Waals surface area contributed by atoms with Crippen LogP contribution in [0.3, 0.4) is 0 Å². The Morgan fingerprint density at radius 3 is 3.09 bits per heavy atom. The topological polar surface area (TPSA) is 58.6 Å². The number of hydrogen-bond donors (Lipinski definition) is 1. The summed E-state index contributed by atoms with van der Waals surface area (Å²) in [5.74, 6) is 1.04. The molecule has 2 heterocycles. The Bertz CT molecular complexity index is 600. The van der Waals surface area contributed by atoms with E-state index in [0.29, 0.717) is 19.4 Å². The molecule has 1 unspecified atom stereocenters. The third kappa shape index (κ3) is 4.03. The van der Waals surface area contributed by atoms with Gasteiger partial charge >= 0.3 is 0 Å². The van der Waals surface area contributed by atoms with Crippen molar-refractivity contribution in [2.45, 2.75) is 51.6 Å². The lowest BCUT2D eigenvalue weighted by Crippen LogP contribution is -2.33.